The second-order valence-corrected chi connectivity index (χ2v) is 7.21. The number of aromatic nitrogens is 1. The molecule has 1 aliphatic heterocycles. The van der Waals surface area contributed by atoms with E-state index in [9.17, 15) is 9.90 Å². The first kappa shape index (κ1) is 16.5. The second kappa shape index (κ2) is 7.14. The zero-order chi connectivity index (χ0) is 17.9. The Balaban J connectivity index is 1.70. The first-order chi connectivity index (χ1) is 12.7. The average molecular weight is 362 g/mol. The van der Waals surface area contributed by atoms with E-state index in [0.29, 0.717) is 4.88 Å². The van der Waals surface area contributed by atoms with Crippen LogP contribution in [0.1, 0.15) is 32.9 Å². The van der Waals surface area contributed by atoms with Gasteiger partial charge in [0.2, 0.25) is 0 Å². The molecule has 4 nitrogen and oxygen atoms in total. The van der Waals surface area contributed by atoms with Gasteiger partial charge in [0.15, 0.2) is 5.69 Å². The molecule has 4 rings (SSSR count). The maximum absolute atomic E-state index is 11.6. The van der Waals surface area contributed by atoms with Crippen molar-refractivity contribution >= 4 is 35.1 Å². The molecule has 0 saturated heterocycles. The van der Waals surface area contributed by atoms with Crippen LogP contribution in [0, 0.1) is 0 Å². The molecule has 3 aromatic rings. The molecule has 0 saturated carbocycles. The molecule has 5 heteroatoms. The summed E-state index contributed by atoms with van der Waals surface area (Å²) in [6, 6.07) is 16.0. The smallest absolute Gasteiger partial charge is 0.356 e. The summed E-state index contributed by atoms with van der Waals surface area (Å²) in [4.78, 5) is 16.6. The lowest BCUT2D eigenvalue weighted by atomic mass is 10.0. The van der Waals surface area contributed by atoms with E-state index in [1.54, 1.807) is 0 Å². The number of nitrogens with one attached hydrogen (secondary N) is 1. The van der Waals surface area contributed by atoms with Gasteiger partial charge in [-0.25, -0.2) is 9.78 Å². The minimum absolute atomic E-state index is 0.0999. The van der Waals surface area contributed by atoms with Crippen molar-refractivity contribution < 1.29 is 9.90 Å². The Labute approximate surface area is 155 Å². The van der Waals surface area contributed by atoms with E-state index in [2.05, 4.69) is 22.4 Å². The molecule has 2 aromatic carbocycles. The Kier molecular flexibility index (Phi) is 4.54. The maximum Gasteiger partial charge on any atom is 0.356 e. The molecule has 0 amide bonds. The average Bonchev–Trinajstić information content (AvgIpc) is 3.11. The van der Waals surface area contributed by atoms with Gasteiger partial charge in [0.25, 0.3) is 0 Å². The number of anilines is 1. The molecule has 1 aliphatic rings. The number of hydrogen-bond acceptors (Lipinski definition) is 4. The van der Waals surface area contributed by atoms with E-state index in [0.717, 1.165) is 41.2 Å². The Hall–Kier alpha value is -2.92. The molecule has 0 fully saturated rings. The third-order valence-corrected chi connectivity index (χ3v) is 5.45. The predicted octanol–water partition coefficient (Wildman–Crippen LogP) is 5.04. The van der Waals surface area contributed by atoms with Gasteiger partial charge in [-0.05, 0) is 36.1 Å². The molecule has 26 heavy (non-hydrogen) atoms. The van der Waals surface area contributed by atoms with Crippen molar-refractivity contribution in [1.82, 2.24) is 4.98 Å². The Bertz CT molecular complexity index is 977. The summed E-state index contributed by atoms with van der Waals surface area (Å²) in [7, 11) is 0. The highest BCUT2D eigenvalue weighted by Crippen LogP contribution is 2.33. The molecule has 130 valence electrons. The number of aromatic carboxylic acids is 1. The van der Waals surface area contributed by atoms with Crippen LogP contribution in [-0.4, -0.2) is 22.6 Å². The molecule has 0 radical (unpaired) electrons. The molecular weight excluding hydrogens is 344 g/mol. The van der Waals surface area contributed by atoms with Crippen LogP contribution in [0.2, 0.25) is 0 Å². The summed E-state index contributed by atoms with van der Waals surface area (Å²) in [5, 5.41) is 13.7. The predicted molar refractivity (Wildman–Crippen MR) is 107 cm³/mol. The number of fused-ring (bicyclic) bond motifs is 1. The number of thiazole rings is 1. The second-order valence-electron chi connectivity index (χ2n) is 6.18. The van der Waals surface area contributed by atoms with Crippen LogP contribution in [0.4, 0.5) is 5.69 Å². The number of nitrogens with zero attached hydrogens (tertiary/aromatic N) is 1. The van der Waals surface area contributed by atoms with Crippen molar-refractivity contribution in [3.63, 3.8) is 0 Å². The molecule has 0 atom stereocenters. The SMILES string of the molecule is O=C(O)c1nc(-c2ccc3c(c2)NCCC3)sc1/C=C/c1ccccc1. The number of aryl methyl sites for hydroxylation is 1. The van der Waals surface area contributed by atoms with Gasteiger partial charge in [-0.15, -0.1) is 11.3 Å². The number of carboxylic acids is 1. The maximum atomic E-state index is 11.6. The molecule has 2 heterocycles. The highest BCUT2D eigenvalue weighted by molar-refractivity contribution is 7.16. The zero-order valence-corrected chi connectivity index (χ0v) is 14.9. The zero-order valence-electron chi connectivity index (χ0n) is 14.1. The summed E-state index contributed by atoms with van der Waals surface area (Å²) >= 11 is 1.40. The van der Waals surface area contributed by atoms with Gasteiger partial charge < -0.3 is 10.4 Å². The Morgan fingerprint density at radius 3 is 2.81 bits per heavy atom. The summed E-state index contributed by atoms with van der Waals surface area (Å²) in [6.45, 7) is 0.972. The van der Waals surface area contributed by atoms with E-state index >= 15 is 0 Å². The Morgan fingerprint density at radius 1 is 1.15 bits per heavy atom. The molecule has 0 aliphatic carbocycles. The molecular formula is C21H18N2O2S. The largest absolute Gasteiger partial charge is 0.476 e. The number of benzene rings is 2. The highest BCUT2D eigenvalue weighted by atomic mass is 32.1. The summed E-state index contributed by atoms with van der Waals surface area (Å²) in [5.74, 6) is -1.00. The van der Waals surface area contributed by atoms with Crippen molar-refractivity contribution in [3.05, 3.63) is 70.2 Å². The first-order valence-corrected chi connectivity index (χ1v) is 9.37. The quantitative estimate of drug-likeness (QED) is 0.683. The monoisotopic (exact) mass is 362 g/mol. The van der Waals surface area contributed by atoms with Crippen LogP contribution in [0.25, 0.3) is 22.7 Å². The topological polar surface area (TPSA) is 62.2 Å². The van der Waals surface area contributed by atoms with Crippen LogP contribution in [-0.2, 0) is 6.42 Å². The normalized spacial score (nSPS) is 13.4. The van der Waals surface area contributed by atoms with E-state index in [4.69, 9.17) is 0 Å². The molecule has 0 unspecified atom stereocenters. The fourth-order valence-electron chi connectivity index (χ4n) is 3.05. The van der Waals surface area contributed by atoms with Crippen molar-refractivity contribution in [1.29, 1.82) is 0 Å². The molecule has 2 N–H and O–H groups in total. The highest BCUT2D eigenvalue weighted by Gasteiger charge is 2.18. The summed E-state index contributed by atoms with van der Waals surface area (Å²) in [6.07, 6.45) is 5.96. The van der Waals surface area contributed by atoms with Crippen LogP contribution < -0.4 is 5.32 Å². The van der Waals surface area contributed by atoms with Gasteiger partial charge in [0.05, 0.1) is 4.88 Å². The third kappa shape index (κ3) is 3.39. The minimum atomic E-state index is -1.00. The van der Waals surface area contributed by atoms with E-state index in [-0.39, 0.29) is 5.69 Å². The van der Waals surface area contributed by atoms with E-state index < -0.39 is 5.97 Å². The van der Waals surface area contributed by atoms with Gasteiger partial charge in [-0.2, -0.15) is 0 Å². The van der Waals surface area contributed by atoms with Gasteiger partial charge in [-0.1, -0.05) is 48.5 Å². The number of carboxylic acid groups (broad SMARTS) is 1. The van der Waals surface area contributed by atoms with Crippen LogP contribution in [0.3, 0.4) is 0 Å². The van der Waals surface area contributed by atoms with Gasteiger partial charge in [0.1, 0.15) is 5.01 Å². The molecule has 1 aromatic heterocycles. The minimum Gasteiger partial charge on any atom is -0.476 e. The number of hydrogen-bond donors (Lipinski definition) is 2. The number of carbonyl (C=O) groups is 1. The standard InChI is InChI=1S/C21H18N2O2S/c24-21(25)19-18(11-8-14-5-2-1-3-6-14)26-20(23-19)16-10-9-15-7-4-12-22-17(15)13-16/h1-3,5-6,8-11,13,22H,4,7,12H2,(H,24,25)/b11-8+. The summed E-state index contributed by atoms with van der Waals surface area (Å²) in [5.41, 5.74) is 4.51. The lowest BCUT2D eigenvalue weighted by molar-refractivity contribution is 0.0691. The number of rotatable bonds is 4. The lowest BCUT2D eigenvalue weighted by Crippen LogP contribution is -2.11. The van der Waals surface area contributed by atoms with Gasteiger partial charge in [-0.3, -0.25) is 0 Å². The Morgan fingerprint density at radius 2 is 2.00 bits per heavy atom. The molecule has 0 spiro atoms. The lowest BCUT2D eigenvalue weighted by Gasteiger charge is -2.18. The van der Waals surface area contributed by atoms with Crippen molar-refractivity contribution in [2.45, 2.75) is 12.8 Å². The van der Waals surface area contributed by atoms with Crippen molar-refractivity contribution in [3.8, 4) is 10.6 Å². The summed E-state index contributed by atoms with van der Waals surface area (Å²) < 4.78 is 0. The fourth-order valence-corrected chi connectivity index (χ4v) is 4.01. The van der Waals surface area contributed by atoms with Crippen molar-refractivity contribution in [2.75, 3.05) is 11.9 Å². The van der Waals surface area contributed by atoms with Crippen LogP contribution in [0.15, 0.2) is 48.5 Å². The molecule has 0 bridgehead atoms. The van der Waals surface area contributed by atoms with Gasteiger partial charge >= 0.3 is 5.97 Å². The van der Waals surface area contributed by atoms with Crippen LogP contribution >= 0.6 is 11.3 Å². The van der Waals surface area contributed by atoms with Gasteiger partial charge in [0, 0.05) is 17.8 Å². The fraction of sp³-hybridized carbons (Fsp3) is 0.143. The third-order valence-electron chi connectivity index (χ3n) is 4.38. The van der Waals surface area contributed by atoms with E-state index in [1.165, 1.54) is 16.9 Å². The van der Waals surface area contributed by atoms with E-state index in [1.807, 2.05) is 48.6 Å². The van der Waals surface area contributed by atoms with Crippen molar-refractivity contribution in [2.24, 2.45) is 0 Å². The van der Waals surface area contributed by atoms with Crippen LogP contribution in [0.5, 0.6) is 0 Å². The first-order valence-electron chi connectivity index (χ1n) is 8.55.